The highest BCUT2D eigenvalue weighted by Crippen LogP contribution is 2.38. The van der Waals surface area contributed by atoms with Crippen molar-refractivity contribution >= 4 is 5.69 Å². The third kappa shape index (κ3) is 1.65. The lowest BCUT2D eigenvalue weighted by molar-refractivity contribution is 0.127. The summed E-state index contributed by atoms with van der Waals surface area (Å²) in [4.78, 5) is 2.22. The number of nitrogens with zero attached hydrogens (tertiary/aromatic N) is 1. The molecular formula is C13H19NO2. The Kier molecular flexibility index (Phi) is 2.80. The Hall–Kier alpha value is -1.22. The lowest BCUT2D eigenvalue weighted by Crippen LogP contribution is -2.45. The number of anilines is 1. The largest absolute Gasteiger partial charge is 0.495 e. The summed E-state index contributed by atoms with van der Waals surface area (Å²) < 4.78 is 5.36. The molecule has 2 rings (SSSR count). The van der Waals surface area contributed by atoms with E-state index in [1.807, 2.05) is 24.3 Å². The van der Waals surface area contributed by atoms with Crippen molar-refractivity contribution in [1.82, 2.24) is 0 Å². The number of methoxy groups -OCH3 is 1. The van der Waals surface area contributed by atoms with Gasteiger partial charge in [0.15, 0.2) is 0 Å². The van der Waals surface area contributed by atoms with E-state index in [0.717, 1.165) is 24.4 Å². The number of para-hydroxylation sites is 2. The van der Waals surface area contributed by atoms with Gasteiger partial charge < -0.3 is 14.7 Å². The number of aliphatic hydroxyl groups is 1. The van der Waals surface area contributed by atoms with Gasteiger partial charge in [-0.3, -0.25) is 0 Å². The zero-order chi connectivity index (χ0) is 11.8. The van der Waals surface area contributed by atoms with E-state index in [9.17, 15) is 5.11 Å². The third-order valence-electron chi connectivity index (χ3n) is 3.51. The van der Waals surface area contributed by atoms with Gasteiger partial charge >= 0.3 is 0 Å². The minimum atomic E-state index is -0.280. The molecule has 1 aliphatic heterocycles. The van der Waals surface area contributed by atoms with Gasteiger partial charge in [-0.2, -0.15) is 0 Å². The van der Waals surface area contributed by atoms with E-state index in [4.69, 9.17) is 4.74 Å². The lowest BCUT2D eigenvalue weighted by Gasteiger charge is -2.36. The Bertz CT molecular complexity index is 376. The molecule has 0 amide bonds. The van der Waals surface area contributed by atoms with Crippen LogP contribution in [0.2, 0.25) is 0 Å². The van der Waals surface area contributed by atoms with Gasteiger partial charge in [0, 0.05) is 6.54 Å². The Balaban J connectivity index is 2.38. The monoisotopic (exact) mass is 221 g/mol. The molecule has 3 heteroatoms. The van der Waals surface area contributed by atoms with Crippen LogP contribution in [-0.4, -0.2) is 30.4 Å². The van der Waals surface area contributed by atoms with E-state index in [0.29, 0.717) is 0 Å². The number of benzene rings is 1. The summed E-state index contributed by atoms with van der Waals surface area (Å²) in [5.74, 6) is 0.865. The second-order valence-electron chi connectivity index (χ2n) is 4.78. The number of hydrogen-bond donors (Lipinski definition) is 1. The van der Waals surface area contributed by atoms with Gasteiger partial charge in [-0.25, -0.2) is 0 Å². The molecule has 0 saturated carbocycles. The van der Waals surface area contributed by atoms with Crippen LogP contribution in [0.25, 0.3) is 0 Å². The zero-order valence-electron chi connectivity index (χ0n) is 10.1. The van der Waals surface area contributed by atoms with Crippen LogP contribution in [0.3, 0.4) is 0 Å². The standard InChI is InChI=1S/C13H19NO2/c1-13(2)12(15)8-9-14(13)10-6-4-5-7-11(10)16-3/h4-7,12,15H,8-9H2,1-3H3. The second kappa shape index (κ2) is 3.98. The highest BCUT2D eigenvalue weighted by molar-refractivity contribution is 5.61. The van der Waals surface area contributed by atoms with Crippen LogP contribution in [0, 0.1) is 0 Å². The minimum Gasteiger partial charge on any atom is -0.495 e. The van der Waals surface area contributed by atoms with E-state index in [1.54, 1.807) is 7.11 Å². The van der Waals surface area contributed by atoms with Crippen LogP contribution in [0.1, 0.15) is 20.3 Å². The summed E-state index contributed by atoms with van der Waals surface area (Å²) in [5.41, 5.74) is 0.834. The molecule has 1 saturated heterocycles. The van der Waals surface area contributed by atoms with Crippen molar-refractivity contribution in [3.63, 3.8) is 0 Å². The van der Waals surface area contributed by atoms with Crippen LogP contribution in [0.15, 0.2) is 24.3 Å². The molecule has 1 fully saturated rings. The van der Waals surface area contributed by atoms with Crippen LogP contribution in [-0.2, 0) is 0 Å². The fraction of sp³-hybridized carbons (Fsp3) is 0.538. The summed E-state index contributed by atoms with van der Waals surface area (Å²) in [6.45, 7) is 5.00. The molecule has 0 bridgehead atoms. The summed E-state index contributed by atoms with van der Waals surface area (Å²) >= 11 is 0. The molecule has 1 aromatic carbocycles. The zero-order valence-corrected chi connectivity index (χ0v) is 10.1. The van der Waals surface area contributed by atoms with Crippen LogP contribution < -0.4 is 9.64 Å². The van der Waals surface area contributed by atoms with Crippen molar-refractivity contribution in [1.29, 1.82) is 0 Å². The van der Waals surface area contributed by atoms with E-state index in [-0.39, 0.29) is 11.6 Å². The second-order valence-corrected chi connectivity index (χ2v) is 4.78. The van der Waals surface area contributed by atoms with Crippen molar-refractivity contribution in [3.05, 3.63) is 24.3 Å². The smallest absolute Gasteiger partial charge is 0.142 e. The fourth-order valence-corrected chi connectivity index (χ4v) is 2.36. The quantitative estimate of drug-likeness (QED) is 0.829. The first kappa shape index (κ1) is 11.3. The molecule has 1 unspecified atom stereocenters. The summed E-state index contributed by atoms with van der Waals surface area (Å²) in [6, 6.07) is 7.95. The number of rotatable bonds is 2. The Morgan fingerprint density at radius 1 is 1.38 bits per heavy atom. The third-order valence-corrected chi connectivity index (χ3v) is 3.51. The van der Waals surface area contributed by atoms with E-state index in [2.05, 4.69) is 18.7 Å². The van der Waals surface area contributed by atoms with Gasteiger partial charge in [0.25, 0.3) is 0 Å². The predicted octanol–water partition coefficient (Wildman–Crippen LogP) is 2.04. The Morgan fingerprint density at radius 2 is 2.06 bits per heavy atom. The van der Waals surface area contributed by atoms with Crippen LogP contribution in [0.4, 0.5) is 5.69 Å². The van der Waals surface area contributed by atoms with Crippen molar-refractivity contribution in [3.8, 4) is 5.75 Å². The molecule has 0 aromatic heterocycles. The first-order valence-corrected chi connectivity index (χ1v) is 5.66. The van der Waals surface area contributed by atoms with Gasteiger partial charge in [0.1, 0.15) is 5.75 Å². The number of hydrogen-bond acceptors (Lipinski definition) is 3. The Morgan fingerprint density at radius 3 is 2.62 bits per heavy atom. The number of ether oxygens (including phenoxy) is 1. The normalized spacial score (nSPS) is 23.5. The van der Waals surface area contributed by atoms with Crippen molar-refractivity contribution in [2.75, 3.05) is 18.6 Å². The average molecular weight is 221 g/mol. The molecular weight excluding hydrogens is 202 g/mol. The van der Waals surface area contributed by atoms with E-state index >= 15 is 0 Å². The molecule has 1 aromatic rings. The van der Waals surface area contributed by atoms with Gasteiger partial charge in [0.2, 0.25) is 0 Å². The van der Waals surface area contributed by atoms with Gasteiger partial charge in [0.05, 0.1) is 24.4 Å². The maximum absolute atomic E-state index is 9.97. The first-order valence-electron chi connectivity index (χ1n) is 5.66. The molecule has 1 N–H and O–H groups in total. The molecule has 1 heterocycles. The topological polar surface area (TPSA) is 32.7 Å². The number of aliphatic hydroxyl groups excluding tert-OH is 1. The fourth-order valence-electron chi connectivity index (χ4n) is 2.36. The van der Waals surface area contributed by atoms with E-state index in [1.165, 1.54) is 0 Å². The summed E-state index contributed by atoms with van der Waals surface area (Å²) in [5, 5.41) is 9.97. The molecule has 3 nitrogen and oxygen atoms in total. The highest BCUT2D eigenvalue weighted by atomic mass is 16.5. The first-order chi connectivity index (χ1) is 7.57. The molecule has 1 aliphatic rings. The Labute approximate surface area is 96.6 Å². The lowest BCUT2D eigenvalue weighted by atomic mass is 9.98. The average Bonchev–Trinajstić information content (AvgIpc) is 2.54. The van der Waals surface area contributed by atoms with Crippen molar-refractivity contribution in [2.45, 2.75) is 31.9 Å². The maximum Gasteiger partial charge on any atom is 0.142 e. The minimum absolute atomic E-state index is 0.228. The highest BCUT2D eigenvalue weighted by Gasteiger charge is 2.41. The molecule has 0 spiro atoms. The maximum atomic E-state index is 9.97. The molecule has 88 valence electrons. The van der Waals surface area contributed by atoms with Crippen molar-refractivity contribution in [2.24, 2.45) is 0 Å². The predicted molar refractivity (Wildman–Crippen MR) is 65.0 cm³/mol. The molecule has 0 radical (unpaired) electrons. The van der Waals surface area contributed by atoms with Crippen LogP contribution >= 0.6 is 0 Å². The van der Waals surface area contributed by atoms with Gasteiger partial charge in [-0.1, -0.05) is 12.1 Å². The van der Waals surface area contributed by atoms with Gasteiger partial charge in [-0.05, 0) is 32.4 Å². The summed E-state index contributed by atoms with van der Waals surface area (Å²) in [6.07, 6.45) is 0.530. The van der Waals surface area contributed by atoms with E-state index < -0.39 is 0 Å². The SMILES string of the molecule is COc1ccccc1N1CCC(O)C1(C)C. The summed E-state index contributed by atoms with van der Waals surface area (Å²) in [7, 11) is 1.68. The molecule has 16 heavy (non-hydrogen) atoms. The van der Waals surface area contributed by atoms with Gasteiger partial charge in [-0.15, -0.1) is 0 Å². The van der Waals surface area contributed by atoms with Crippen molar-refractivity contribution < 1.29 is 9.84 Å². The molecule has 0 aliphatic carbocycles. The molecule has 1 atom stereocenters. The van der Waals surface area contributed by atoms with Crippen LogP contribution in [0.5, 0.6) is 5.75 Å².